The molecular formula is C4H8BNO3. The van der Waals surface area contributed by atoms with Crippen LogP contribution in [0.4, 0.5) is 0 Å². The van der Waals surface area contributed by atoms with Crippen LogP contribution >= 0.6 is 0 Å². The van der Waals surface area contributed by atoms with Crippen molar-refractivity contribution < 1.29 is 14.6 Å². The van der Waals surface area contributed by atoms with E-state index < -0.39 is 18.1 Å². The fourth-order valence-electron chi connectivity index (χ4n) is 0.276. The molecule has 0 aromatic rings. The number of carbonyl (C=O) groups is 1. The summed E-state index contributed by atoms with van der Waals surface area (Å²) < 4.78 is 3.75. The average molecular weight is 129 g/mol. The lowest BCUT2D eigenvalue weighted by molar-refractivity contribution is -0.137. The van der Waals surface area contributed by atoms with Crippen LogP contribution in [0.2, 0.25) is 0 Å². The molecule has 0 aliphatic heterocycles. The Bertz CT molecular complexity index is 106. The number of rotatable bonds is 2. The summed E-state index contributed by atoms with van der Waals surface area (Å²) in [7, 11) is 4.47. The van der Waals surface area contributed by atoms with Gasteiger partial charge in [0.2, 0.25) is 0 Å². The summed E-state index contributed by atoms with van der Waals surface area (Å²) in [6.45, 7) is 1.38. The van der Waals surface area contributed by atoms with Gasteiger partial charge in [0.1, 0.15) is 6.04 Å². The summed E-state index contributed by atoms with van der Waals surface area (Å²) in [5.41, 5.74) is 5.07. The van der Waals surface area contributed by atoms with Crippen LogP contribution in [0.5, 0.6) is 0 Å². The second kappa shape index (κ2) is 3.47. The van der Waals surface area contributed by atoms with Crippen LogP contribution in [-0.4, -0.2) is 31.3 Å². The minimum Gasteiger partial charge on any atom is -0.542 e. The highest BCUT2D eigenvalue weighted by molar-refractivity contribution is 6.06. The molecular weight excluding hydrogens is 121 g/mol. The van der Waals surface area contributed by atoms with Gasteiger partial charge in [-0.2, -0.15) is 0 Å². The summed E-state index contributed by atoms with van der Waals surface area (Å²) in [5.74, 6) is -0.815. The second-order valence-electron chi connectivity index (χ2n) is 1.70. The van der Waals surface area contributed by atoms with Crippen LogP contribution in [-0.2, 0) is 9.45 Å². The van der Waals surface area contributed by atoms with Gasteiger partial charge in [-0.05, 0) is 6.92 Å². The molecule has 0 aliphatic rings. The van der Waals surface area contributed by atoms with Crippen LogP contribution in [0.25, 0.3) is 0 Å². The summed E-state index contributed by atoms with van der Waals surface area (Å²) in [5, 5.41) is 8.64. The average Bonchev–Trinajstić information content (AvgIpc) is 1.84. The van der Waals surface area contributed by atoms with Crippen molar-refractivity contribution >= 4 is 14.0 Å². The summed E-state index contributed by atoms with van der Waals surface area (Å²) >= 11 is 0. The van der Waals surface area contributed by atoms with Gasteiger partial charge in [-0.1, -0.05) is 0 Å². The maximum absolute atomic E-state index is 10.3. The zero-order chi connectivity index (χ0) is 7.44. The summed E-state index contributed by atoms with van der Waals surface area (Å²) in [6.07, 6.45) is -0.930. The molecule has 2 radical (unpaired) electrons. The molecule has 9 heavy (non-hydrogen) atoms. The first-order chi connectivity index (χ1) is 4.09. The molecule has 0 saturated heterocycles. The lowest BCUT2D eigenvalue weighted by atomic mass is 10.2. The van der Waals surface area contributed by atoms with Gasteiger partial charge in [0.25, 0.3) is 0 Å². The van der Waals surface area contributed by atoms with Gasteiger partial charge in [-0.3, -0.25) is 4.79 Å². The summed E-state index contributed by atoms with van der Waals surface area (Å²) in [6, 6.07) is -1.05. The van der Waals surface area contributed by atoms with E-state index in [1.54, 1.807) is 0 Å². The van der Waals surface area contributed by atoms with E-state index in [0.717, 1.165) is 0 Å². The van der Waals surface area contributed by atoms with Gasteiger partial charge in [-0.25, -0.2) is 0 Å². The maximum atomic E-state index is 10.3. The van der Waals surface area contributed by atoms with Crippen molar-refractivity contribution in [3.8, 4) is 0 Å². The smallest absolute Gasteiger partial charge is 0.378 e. The minimum absolute atomic E-state index is 0.815. The van der Waals surface area contributed by atoms with Crippen molar-refractivity contribution in [2.75, 3.05) is 0 Å². The van der Waals surface area contributed by atoms with Crippen LogP contribution < -0.4 is 5.73 Å². The van der Waals surface area contributed by atoms with Crippen LogP contribution in [0.15, 0.2) is 0 Å². The number of aliphatic hydroxyl groups is 1. The van der Waals surface area contributed by atoms with Crippen molar-refractivity contribution in [3.63, 3.8) is 0 Å². The molecule has 0 saturated carbocycles. The van der Waals surface area contributed by atoms with E-state index in [2.05, 4.69) is 12.7 Å². The second-order valence-corrected chi connectivity index (χ2v) is 1.70. The van der Waals surface area contributed by atoms with Gasteiger partial charge < -0.3 is 15.5 Å². The highest BCUT2D eigenvalue weighted by Gasteiger charge is 2.17. The fraction of sp³-hybridized carbons (Fsp3) is 0.750. The van der Waals surface area contributed by atoms with E-state index in [1.165, 1.54) is 6.92 Å². The zero-order valence-electron chi connectivity index (χ0n) is 5.07. The van der Waals surface area contributed by atoms with E-state index in [9.17, 15) is 4.79 Å². The molecule has 0 aliphatic carbocycles. The number of hydrogen-bond acceptors (Lipinski definition) is 4. The number of aliphatic hydroxyl groups excluding tert-OH is 1. The molecule has 0 amide bonds. The SMILES string of the molecule is [B]OC(=O)[C@@H](N)[C@@H](C)O. The predicted molar refractivity (Wildman–Crippen MR) is 31.5 cm³/mol. The molecule has 3 N–H and O–H groups in total. The van der Waals surface area contributed by atoms with Crippen molar-refractivity contribution in [1.29, 1.82) is 0 Å². The number of hydrogen-bond donors (Lipinski definition) is 2. The molecule has 4 nitrogen and oxygen atoms in total. The molecule has 5 heteroatoms. The zero-order valence-corrected chi connectivity index (χ0v) is 5.07. The largest absolute Gasteiger partial charge is 0.542 e. The van der Waals surface area contributed by atoms with E-state index >= 15 is 0 Å². The minimum atomic E-state index is -1.05. The standard InChI is InChI=1S/C4H8BNO3/c1-2(7)3(6)4(8)9-5/h2-3,7H,6H2,1H3/t2-,3+/m1/s1. The molecule has 0 heterocycles. The van der Waals surface area contributed by atoms with Crippen LogP contribution in [0, 0.1) is 0 Å². The molecule has 0 rings (SSSR count). The predicted octanol–water partition coefficient (Wildman–Crippen LogP) is -1.68. The van der Waals surface area contributed by atoms with E-state index in [1.807, 2.05) is 0 Å². The Morgan fingerprint density at radius 3 is 2.44 bits per heavy atom. The number of carbonyl (C=O) groups excluding carboxylic acids is 1. The summed E-state index contributed by atoms with van der Waals surface area (Å²) in [4.78, 5) is 10.3. The molecule has 0 unspecified atom stereocenters. The Labute approximate surface area is 54.4 Å². The normalized spacial score (nSPS) is 16.3. The van der Waals surface area contributed by atoms with Gasteiger partial charge in [0.05, 0.1) is 6.10 Å². The van der Waals surface area contributed by atoms with Gasteiger partial charge in [0.15, 0.2) is 0 Å². The van der Waals surface area contributed by atoms with Crippen LogP contribution in [0.1, 0.15) is 6.92 Å². The molecule has 0 fully saturated rings. The van der Waals surface area contributed by atoms with Crippen molar-refractivity contribution in [1.82, 2.24) is 0 Å². The molecule has 0 aromatic carbocycles. The topological polar surface area (TPSA) is 72.5 Å². The first-order valence-corrected chi connectivity index (χ1v) is 2.43. The molecule has 0 spiro atoms. The third-order valence-electron chi connectivity index (χ3n) is 0.908. The lowest BCUT2D eigenvalue weighted by Crippen LogP contribution is -2.41. The molecule has 0 bridgehead atoms. The maximum Gasteiger partial charge on any atom is 0.378 e. The van der Waals surface area contributed by atoms with E-state index in [-0.39, 0.29) is 0 Å². The molecule has 2 atom stereocenters. The van der Waals surface area contributed by atoms with Crippen molar-refractivity contribution in [3.05, 3.63) is 0 Å². The highest BCUT2D eigenvalue weighted by atomic mass is 16.5. The quantitative estimate of drug-likeness (QED) is 0.437. The monoisotopic (exact) mass is 129 g/mol. The molecule has 0 aromatic heterocycles. The highest BCUT2D eigenvalue weighted by Crippen LogP contribution is 1.89. The lowest BCUT2D eigenvalue weighted by Gasteiger charge is -2.11. The fourth-order valence-corrected chi connectivity index (χ4v) is 0.276. The number of nitrogens with two attached hydrogens (primary N) is 1. The van der Waals surface area contributed by atoms with Gasteiger partial charge in [0, 0.05) is 0 Å². The first-order valence-electron chi connectivity index (χ1n) is 2.43. The first kappa shape index (κ1) is 8.45. The Morgan fingerprint density at radius 1 is 1.89 bits per heavy atom. The van der Waals surface area contributed by atoms with Crippen molar-refractivity contribution in [2.24, 2.45) is 5.73 Å². The Kier molecular flexibility index (Phi) is 3.26. The Morgan fingerprint density at radius 2 is 2.33 bits per heavy atom. The Balaban J connectivity index is 3.72. The van der Waals surface area contributed by atoms with Gasteiger partial charge in [-0.15, -0.1) is 0 Å². The van der Waals surface area contributed by atoms with Crippen LogP contribution in [0.3, 0.4) is 0 Å². The third kappa shape index (κ3) is 2.48. The van der Waals surface area contributed by atoms with Gasteiger partial charge >= 0.3 is 14.0 Å². The molecule has 50 valence electrons. The van der Waals surface area contributed by atoms with E-state index in [0.29, 0.717) is 0 Å². The van der Waals surface area contributed by atoms with Crippen molar-refractivity contribution in [2.45, 2.75) is 19.1 Å². The third-order valence-corrected chi connectivity index (χ3v) is 0.908. The Hall–Kier alpha value is -0.545. The van der Waals surface area contributed by atoms with E-state index in [4.69, 9.17) is 10.8 Å².